The Hall–Kier alpha value is -0.810. The highest BCUT2D eigenvalue weighted by molar-refractivity contribution is 5.68. The molecule has 0 aromatic heterocycles. The van der Waals surface area contributed by atoms with Crippen LogP contribution in [0.1, 0.15) is 27.2 Å². The molecule has 3 atom stereocenters. The molecule has 0 aromatic carbocycles. The van der Waals surface area contributed by atoms with Crippen molar-refractivity contribution in [2.24, 2.45) is 17.6 Å². The molecule has 0 radical (unpaired) electrons. The van der Waals surface area contributed by atoms with E-state index >= 15 is 0 Å². The summed E-state index contributed by atoms with van der Waals surface area (Å²) in [5.41, 5.74) is 5.26. The topological polar surface area (TPSA) is 64.8 Å². The lowest BCUT2D eigenvalue weighted by Gasteiger charge is -2.36. The highest BCUT2D eigenvalue weighted by Crippen LogP contribution is 2.34. The molecule has 2 saturated heterocycles. The summed E-state index contributed by atoms with van der Waals surface area (Å²) in [6.07, 6.45) is 0.930. The van der Waals surface area contributed by atoms with E-state index in [0.29, 0.717) is 25.0 Å². The molecule has 104 valence electrons. The van der Waals surface area contributed by atoms with Gasteiger partial charge < -0.3 is 20.1 Å². The van der Waals surface area contributed by atoms with Gasteiger partial charge in [-0.25, -0.2) is 4.79 Å². The monoisotopic (exact) mass is 256 g/mol. The summed E-state index contributed by atoms with van der Waals surface area (Å²) >= 11 is 0. The summed E-state index contributed by atoms with van der Waals surface area (Å²) < 4.78 is 11.1. The predicted molar refractivity (Wildman–Crippen MR) is 68.2 cm³/mol. The smallest absolute Gasteiger partial charge is 0.410 e. The van der Waals surface area contributed by atoms with Gasteiger partial charge >= 0.3 is 6.09 Å². The molecule has 5 nitrogen and oxygen atoms in total. The minimum absolute atomic E-state index is 0.177. The van der Waals surface area contributed by atoms with Gasteiger partial charge in [-0.2, -0.15) is 0 Å². The number of piperidine rings is 1. The Bertz CT molecular complexity index is 314. The van der Waals surface area contributed by atoms with E-state index in [1.165, 1.54) is 0 Å². The minimum atomic E-state index is -0.431. The van der Waals surface area contributed by atoms with Gasteiger partial charge in [-0.1, -0.05) is 0 Å². The maximum Gasteiger partial charge on any atom is 0.410 e. The quantitative estimate of drug-likeness (QED) is 0.766. The number of nitrogens with zero attached hydrogens (tertiary/aromatic N) is 1. The second kappa shape index (κ2) is 5.05. The van der Waals surface area contributed by atoms with Gasteiger partial charge in [0.25, 0.3) is 0 Å². The molecular weight excluding hydrogens is 232 g/mol. The molecule has 2 aliphatic rings. The molecule has 2 aliphatic heterocycles. The van der Waals surface area contributed by atoms with E-state index in [-0.39, 0.29) is 12.2 Å². The Balaban J connectivity index is 1.90. The molecule has 0 spiro atoms. The van der Waals surface area contributed by atoms with Crippen LogP contribution in [0.3, 0.4) is 0 Å². The van der Waals surface area contributed by atoms with E-state index in [4.69, 9.17) is 15.2 Å². The zero-order valence-electron chi connectivity index (χ0n) is 11.5. The standard InChI is InChI=1S/C13H24N2O3/c1-13(2,3)18-12(16)15-5-4-10-9(7-15)8-17-11(10)6-14/h9-11H,4-8,14H2,1-3H3/t9-,10-,11?/m1/s1. The van der Waals surface area contributed by atoms with Crippen molar-refractivity contribution in [1.82, 2.24) is 4.90 Å². The molecule has 0 bridgehead atoms. The first-order valence-corrected chi connectivity index (χ1v) is 6.70. The van der Waals surface area contributed by atoms with E-state index < -0.39 is 5.60 Å². The Morgan fingerprint density at radius 2 is 2.22 bits per heavy atom. The van der Waals surface area contributed by atoms with E-state index in [1.54, 1.807) is 4.90 Å². The van der Waals surface area contributed by atoms with Crippen molar-refractivity contribution in [1.29, 1.82) is 0 Å². The number of rotatable bonds is 1. The van der Waals surface area contributed by atoms with Crippen LogP contribution in [0.4, 0.5) is 4.79 Å². The van der Waals surface area contributed by atoms with Crippen LogP contribution in [0.2, 0.25) is 0 Å². The number of fused-ring (bicyclic) bond motifs is 1. The summed E-state index contributed by atoms with van der Waals surface area (Å²) in [6, 6.07) is 0. The van der Waals surface area contributed by atoms with E-state index in [0.717, 1.165) is 19.5 Å². The maximum absolute atomic E-state index is 12.0. The number of nitrogens with two attached hydrogens (primary N) is 1. The number of hydrogen-bond donors (Lipinski definition) is 1. The van der Waals surface area contributed by atoms with Gasteiger partial charge in [0.15, 0.2) is 0 Å². The Kier molecular flexibility index (Phi) is 3.82. The van der Waals surface area contributed by atoms with Crippen LogP contribution in [0.25, 0.3) is 0 Å². The third-order valence-corrected chi connectivity index (χ3v) is 3.68. The van der Waals surface area contributed by atoms with E-state index in [9.17, 15) is 4.79 Å². The molecule has 0 aromatic rings. The molecule has 1 amide bonds. The van der Waals surface area contributed by atoms with Crippen LogP contribution < -0.4 is 5.73 Å². The predicted octanol–water partition coefficient (Wildman–Crippen LogP) is 1.22. The number of amides is 1. The summed E-state index contributed by atoms with van der Waals surface area (Å²) in [5.74, 6) is 0.925. The second-order valence-electron chi connectivity index (χ2n) is 6.25. The summed E-state index contributed by atoms with van der Waals surface area (Å²) in [5, 5.41) is 0. The van der Waals surface area contributed by atoms with Crippen LogP contribution >= 0.6 is 0 Å². The molecule has 0 saturated carbocycles. The molecule has 0 aliphatic carbocycles. The zero-order chi connectivity index (χ0) is 13.3. The second-order valence-corrected chi connectivity index (χ2v) is 6.25. The maximum atomic E-state index is 12.0. The highest BCUT2D eigenvalue weighted by atomic mass is 16.6. The van der Waals surface area contributed by atoms with Gasteiger partial charge in [-0.05, 0) is 33.1 Å². The lowest BCUT2D eigenvalue weighted by Crippen LogP contribution is -2.47. The molecule has 5 heteroatoms. The zero-order valence-corrected chi connectivity index (χ0v) is 11.5. The molecule has 2 heterocycles. The van der Waals surface area contributed by atoms with Crippen LogP contribution in [-0.2, 0) is 9.47 Å². The Morgan fingerprint density at radius 3 is 2.83 bits per heavy atom. The summed E-state index contributed by atoms with van der Waals surface area (Å²) in [7, 11) is 0. The average molecular weight is 256 g/mol. The fraction of sp³-hybridized carbons (Fsp3) is 0.923. The fourth-order valence-electron chi connectivity index (χ4n) is 2.82. The number of ether oxygens (including phenoxy) is 2. The lowest BCUT2D eigenvalue weighted by atomic mass is 9.84. The SMILES string of the molecule is CC(C)(C)OC(=O)N1CC[C@H]2C(CN)OC[C@H]2C1. The van der Waals surface area contributed by atoms with Gasteiger partial charge in [0.2, 0.25) is 0 Å². The molecule has 1 unspecified atom stereocenters. The van der Waals surface area contributed by atoms with Gasteiger partial charge in [0.05, 0.1) is 12.7 Å². The first-order chi connectivity index (χ1) is 8.40. The van der Waals surface area contributed by atoms with E-state index in [1.807, 2.05) is 20.8 Å². The molecular formula is C13H24N2O3. The normalized spacial score (nSPS) is 32.2. The van der Waals surface area contributed by atoms with Crippen LogP contribution in [0, 0.1) is 11.8 Å². The van der Waals surface area contributed by atoms with Crippen molar-refractivity contribution in [2.75, 3.05) is 26.2 Å². The number of hydrogen-bond acceptors (Lipinski definition) is 4. The third-order valence-electron chi connectivity index (χ3n) is 3.68. The summed E-state index contributed by atoms with van der Waals surface area (Å²) in [4.78, 5) is 13.8. The van der Waals surface area contributed by atoms with Crippen molar-refractivity contribution in [3.8, 4) is 0 Å². The van der Waals surface area contributed by atoms with Gasteiger partial charge in [0, 0.05) is 25.6 Å². The lowest BCUT2D eigenvalue weighted by molar-refractivity contribution is 0.0127. The van der Waals surface area contributed by atoms with Crippen molar-refractivity contribution in [3.05, 3.63) is 0 Å². The first kappa shape index (κ1) is 13.6. The Labute approximate surface area is 109 Å². The van der Waals surface area contributed by atoms with Crippen LogP contribution in [0.15, 0.2) is 0 Å². The molecule has 18 heavy (non-hydrogen) atoms. The minimum Gasteiger partial charge on any atom is -0.444 e. The molecule has 2 fully saturated rings. The first-order valence-electron chi connectivity index (χ1n) is 6.70. The highest BCUT2D eigenvalue weighted by Gasteiger charge is 2.41. The van der Waals surface area contributed by atoms with Crippen LogP contribution in [-0.4, -0.2) is 48.9 Å². The Morgan fingerprint density at radius 1 is 1.50 bits per heavy atom. The average Bonchev–Trinajstić information content (AvgIpc) is 2.68. The molecule has 2 rings (SSSR count). The van der Waals surface area contributed by atoms with Crippen molar-refractivity contribution in [2.45, 2.75) is 38.9 Å². The largest absolute Gasteiger partial charge is 0.444 e. The van der Waals surface area contributed by atoms with Gasteiger partial charge in [-0.3, -0.25) is 0 Å². The van der Waals surface area contributed by atoms with Crippen molar-refractivity contribution < 1.29 is 14.3 Å². The fourth-order valence-corrected chi connectivity index (χ4v) is 2.82. The van der Waals surface area contributed by atoms with Crippen LogP contribution in [0.5, 0.6) is 0 Å². The van der Waals surface area contributed by atoms with Crippen molar-refractivity contribution >= 4 is 6.09 Å². The molecule has 2 N–H and O–H groups in total. The van der Waals surface area contributed by atoms with Crippen molar-refractivity contribution in [3.63, 3.8) is 0 Å². The van der Waals surface area contributed by atoms with Gasteiger partial charge in [-0.15, -0.1) is 0 Å². The number of likely N-dealkylation sites (tertiary alicyclic amines) is 1. The summed E-state index contributed by atoms with van der Waals surface area (Å²) in [6.45, 7) is 8.44. The van der Waals surface area contributed by atoms with Gasteiger partial charge in [0.1, 0.15) is 5.60 Å². The number of carbonyl (C=O) groups is 1. The van der Waals surface area contributed by atoms with E-state index in [2.05, 4.69) is 0 Å². The number of carbonyl (C=O) groups excluding carboxylic acids is 1. The third kappa shape index (κ3) is 2.95.